The maximum atomic E-state index is 13.1. The van der Waals surface area contributed by atoms with Crippen molar-refractivity contribution >= 4 is 10.0 Å². The fourth-order valence-corrected chi connectivity index (χ4v) is 3.83. The minimum Gasteiger partial charge on any atom is -0.486 e. The van der Waals surface area contributed by atoms with E-state index >= 15 is 0 Å². The second-order valence-corrected chi connectivity index (χ2v) is 7.42. The number of aryl methyl sites for hydroxylation is 1. The standard InChI is InChI=1S/C17H18FNO5S/c1-11-8-13(18)3-5-17(11)25(21,22)19-10-14(20)12-2-4-15-16(9-12)24-7-6-23-15/h2-5,8-9,14,19-20H,6-7,10H2,1H3/t14-/m1/s1. The number of aliphatic hydroxyl groups is 1. The molecule has 25 heavy (non-hydrogen) atoms. The summed E-state index contributed by atoms with van der Waals surface area (Å²) in [5.74, 6) is 0.595. The highest BCUT2D eigenvalue weighted by Gasteiger charge is 2.20. The minimum absolute atomic E-state index is 0.0247. The highest BCUT2D eigenvalue weighted by atomic mass is 32.2. The molecule has 0 aliphatic carbocycles. The molecule has 8 heteroatoms. The molecule has 3 rings (SSSR count). The number of hydrogen-bond acceptors (Lipinski definition) is 5. The van der Waals surface area contributed by atoms with E-state index in [0.29, 0.717) is 35.8 Å². The Labute approximate surface area is 145 Å². The van der Waals surface area contributed by atoms with E-state index in [2.05, 4.69) is 4.72 Å². The zero-order valence-electron chi connectivity index (χ0n) is 13.5. The van der Waals surface area contributed by atoms with Crippen LogP contribution >= 0.6 is 0 Å². The Morgan fingerprint density at radius 3 is 2.60 bits per heavy atom. The lowest BCUT2D eigenvalue weighted by Gasteiger charge is -2.20. The number of halogens is 1. The summed E-state index contributed by atoms with van der Waals surface area (Å²) in [5.41, 5.74) is 0.795. The number of benzene rings is 2. The zero-order chi connectivity index (χ0) is 18.0. The number of fused-ring (bicyclic) bond motifs is 1. The molecule has 0 unspecified atom stereocenters. The van der Waals surface area contributed by atoms with Gasteiger partial charge in [-0.2, -0.15) is 0 Å². The summed E-state index contributed by atoms with van der Waals surface area (Å²) in [6.45, 7) is 2.17. The number of rotatable bonds is 5. The lowest BCUT2D eigenvalue weighted by atomic mass is 10.1. The number of sulfonamides is 1. The van der Waals surface area contributed by atoms with Crippen LogP contribution in [-0.2, 0) is 10.0 Å². The van der Waals surface area contributed by atoms with Crippen LogP contribution in [-0.4, -0.2) is 33.3 Å². The van der Waals surface area contributed by atoms with Crippen LogP contribution in [0.5, 0.6) is 11.5 Å². The summed E-state index contributed by atoms with van der Waals surface area (Å²) in [5, 5.41) is 10.3. The van der Waals surface area contributed by atoms with Crippen LogP contribution in [0.15, 0.2) is 41.3 Å². The van der Waals surface area contributed by atoms with E-state index in [9.17, 15) is 17.9 Å². The maximum Gasteiger partial charge on any atom is 0.240 e. The largest absolute Gasteiger partial charge is 0.486 e. The minimum atomic E-state index is -3.86. The normalized spacial score (nSPS) is 15.0. The summed E-state index contributed by atoms with van der Waals surface area (Å²) in [7, 11) is -3.86. The highest BCUT2D eigenvalue weighted by Crippen LogP contribution is 2.32. The smallest absolute Gasteiger partial charge is 0.240 e. The van der Waals surface area contributed by atoms with Crippen LogP contribution < -0.4 is 14.2 Å². The van der Waals surface area contributed by atoms with Crippen LogP contribution in [0.1, 0.15) is 17.2 Å². The molecule has 0 saturated carbocycles. The molecule has 0 radical (unpaired) electrons. The summed E-state index contributed by atoms with van der Waals surface area (Å²) in [6.07, 6.45) is -1.06. The van der Waals surface area contributed by atoms with Crippen molar-refractivity contribution in [2.24, 2.45) is 0 Å². The fraction of sp³-hybridized carbons (Fsp3) is 0.294. The third kappa shape index (κ3) is 3.92. The molecule has 0 fully saturated rings. The Morgan fingerprint density at radius 2 is 1.88 bits per heavy atom. The van der Waals surface area contributed by atoms with E-state index in [-0.39, 0.29) is 11.4 Å². The van der Waals surface area contributed by atoms with Gasteiger partial charge in [0.25, 0.3) is 0 Å². The van der Waals surface area contributed by atoms with Crippen LogP contribution in [0.4, 0.5) is 4.39 Å². The Balaban J connectivity index is 1.72. The first kappa shape index (κ1) is 17.7. The van der Waals surface area contributed by atoms with Crippen LogP contribution in [0.2, 0.25) is 0 Å². The van der Waals surface area contributed by atoms with Crippen LogP contribution in [0.3, 0.4) is 0 Å². The highest BCUT2D eigenvalue weighted by molar-refractivity contribution is 7.89. The van der Waals surface area contributed by atoms with Crippen molar-refractivity contribution < 1.29 is 27.4 Å². The molecule has 0 aromatic heterocycles. The molecule has 1 atom stereocenters. The molecular weight excluding hydrogens is 349 g/mol. The van der Waals surface area contributed by atoms with Gasteiger partial charge in [-0.15, -0.1) is 0 Å². The van der Waals surface area contributed by atoms with Crippen molar-refractivity contribution in [1.29, 1.82) is 0 Å². The van der Waals surface area contributed by atoms with Crippen molar-refractivity contribution in [3.63, 3.8) is 0 Å². The molecule has 134 valence electrons. The van der Waals surface area contributed by atoms with Crippen molar-refractivity contribution in [3.8, 4) is 11.5 Å². The molecule has 1 aliphatic heterocycles. The monoisotopic (exact) mass is 367 g/mol. The van der Waals surface area contributed by atoms with E-state index in [4.69, 9.17) is 9.47 Å². The van der Waals surface area contributed by atoms with E-state index in [1.165, 1.54) is 13.0 Å². The first-order chi connectivity index (χ1) is 11.9. The molecule has 0 amide bonds. The molecule has 6 nitrogen and oxygen atoms in total. The van der Waals surface area contributed by atoms with Crippen molar-refractivity contribution in [1.82, 2.24) is 4.72 Å². The SMILES string of the molecule is Cc1cc(F)ccc1S(=O)(=O)NC[C@@H](O)c1ccc2c(c1)OCCO2. The second-order valence-electron chi connectivity index (χ2n) is 5.68. The summed E-state index contributed by atoms with van der Waals surface area (Å²) in [6, 6.07) is 8.37. The zero-order valence-corrected chi connectivity index (χ0v) is 14.3. The number of aliphatic hydroxyl groups excluding tert-OH is 1. The van der Waals surface area contributed by atoms with Crippen molar-refractivity contribution in [2.75, 3.05) is 19.8 Å². The summed E-state index contributed by atoms with van der Waals surface area (Å²) < 4.78 is 51.0. The topological polar surface area (TPSA) is 84.9 Å². The lowest BCUT2D eigenvalue weighted by Crippen LogP contribution is -2.29. The molecule has 1 heterocycles. The third-order valence-corrected chi connectivity index (χ3v) is 5.43. The number of hydrogen-bond donors (Lipinski definition) is 2. The first-order valence-corrected chi connectivity index (χ1v) is 9.18. The van der Waals surface area contributed by atoms with Gasteiger partial charge in [-0.25, -0.2) is 17.5 Å². The van der Waals surface area contributed by atoms with E-state index in [0.717, 1.165) is 12.1 Å². The average molecular weight is 367 g/mol. The van der Waals surface area contributed by atoms with Gasteiger partial charge in [0.15, 0.2) is 11.5 Å². The first-order valence-electron chi connectivity index (χ1n) is 7.70. The molecule has 0 bridgehead atoms. The number of nitrogens with one attached hydrogen (secondary N) is 1. The van der Waals surface area contributed by atoms with E-state index in [1.807, 2.05) is 0 Å². The van der Waals surface area contributed by atoms with Gasteiger partial charge in [0.2, 0.25) is 10.0 Å². The van der Waals surface area contributed by atoms with Crippen molar-refractivity contribution in [3.05, 3.63) is 53.3 Å². The molecule has 2 aromatic carbocycles. The van der Waals surface area contributed by atoms with Crippen LogP contribution in [0.25, 0.3) is 0 Å². The van der Waals surface area contributed by atoms with Gasteiger partial charge in [0.1, 0.15) is 19.0 Å². The second kappa shape index (κ2) is 6.99. The fourth-order valence-electron chi connectivity index (χ4n) is 2.57. The Hall–Kier alpha value is -2.16. The quantitative estimate of drug-likeness (QED) is 0.843. The third-order valence-electron chi connectivity index (χ3n) is 3.84. The van der Waals surface area contributed by atoms with Gasteiger partial charge >= 0.3 is 0 Å². The summed E-state index contributed by atoms with van der Waals surface area (Å²) in [4.78, 5) is -0.0247. The number of ether oxygens (including phenoxy) is 2. The molecule has 0 saturated heterocycles. The lowest BCUT2D eigenvalue weighted by molar-refractivity contribution is 0.165. The van der Waals surface area contributed by atoms with E-state index in [1.54, 1.807) is 18.2 Å². The molecule has 1 aliphatic rings. The molecule has 2 N–H and O–H groups in total. The predicted octanol–water partition coefficient (Wildman–Crippen LogP) is 1.92. The molecule has 0 spiro atoms. The van der Waals surface area contributed by atoms with Crippen LogP contribution in [0, 0.1) is 12.7 Å². The van der Waals surface area contributed by atoms with Gasteiger partial charge in [-0.3, -0.25) is 0 Å². The molecular formula is C17H18FNO5S. The average Bonchev–Trinajstić information content (AvgIpc) is 2.59. The summed E-state index contributed by atoms with van der Waals surface area (Å²) >= 11 is 0. The van der Waals surface area contributed by atoms with Gasteiger partial charge in [0.05, 0.1) is 11.0 Å². The predicted molar refractivity (Wildman–Crippen MR) is 88.7 cm³/mol. The Morgan fingerprint density at radius 1 is 1.16 bits per heavy atom. The molecule has 2 aromatic rings. The Kier molecular flexibility index (Phi) is 4.94. The maximum absolute atomic E-state index is 13.1. The Bertz CT molecular complexity index is 885. The van der Waals surface area contributed by atoms with Gasteiger partial charge in [0, 0.05) is 6.54 Å². The van der Waals surface area contributed by atoms with Gasteiger partial charge in [-0.1, -0.05) is 6.07 Å². The van der Waals surface area contributed by atoms with E-state index < -0.39 is 21.9 Å². The van der Waals surface area contributed by atoms with Gasteiger partial charge in [-0.05, 0) is 48.4 Å². The van der Waals surface area contributed by atoms with Gasteiger partial charge < -0.3 is 14.6 Å². The van der Waals surface area contributed by atoms with Crippen molar-refractivity contribution in [2.45, 2.75) is 17.9 Å².